The zero-order chi connectivity index (χ0) is 11.1. The van der Waals surface area contributed by atoms with E-state index >= 15 is 0 Å². The van der Waals surface area contributed by atoms with Crippen LogP contribution < -0.4 is 0 Å². The van der Waals surface area contributed by atoms with Crippen LogP contribution in [0, 0.1) is 0 Å². The van der Waals surface area contributed by atoms with Crippen molar-refractivity contribution < 1.29 is 14.4 Å². The van der Waals surface area contributed by atoms with E-state index in [1.54, 1.807) is 0 Å². The lowest BCUT2D eigenvalue weighted by Crippen LogP contribution is -2.49. The highest BCUT2D eigenvalue weighted by Gasteiger charge is 2.41. The molecule has 5 heteroatoms. The molecule has 2 saturated heterocycles. The van der Waals surface area contributed by atoms with Gasteiger partial charge in [-0.3, -0.25) is 0 Å². The highest BCUT2D eigenvalue weighted by atomic mass is 16.9. The zero-order valence-corrected chi connectivity index (χ0v) is 9.95. The molecule has 0 N–H and O–H groups in total. The van der Waals surface area contributed by atoms with Crippen molar-refractivity contribution >= 4 is 0 Å². The van der Waals surface area contributed by atoms with Crippen LogP contribution in [0.25, 0.3) is 0 Å². The summed E-state index contributed by atoms with van der Waals surface area (Å²) >= 11 is 0. The van der Waals surface area contributed by atoms with Gasteiger partial charge in [-0.25, -0.2) is 4.94 Å². The Morgan fingerprint density at radius 3 is 1.53 bits per heavy atom. The maximum Gasteiger partial charge on any atom is 0.125 e. The first kappa shape index (κ1) is 11.3. The summed E-state index contributed by atoms with van der Waals surface area (Å²) in [6, 6.07) is 0. The average molecular weight is 216 g/mol. The highest BCUT2D eigenvalue weighted by Crippen LogP contribution is 2.27. The fourth-order valence-electron chi connectivity index (χ4n) is 1.64. The summed E-state index contributed by atoms with van der Waals surface area (Å²) in [5, 5.41) is 3.73. The van der Waals surface area contributed by atoms with Crippen molar-refractivity contribution in [1.29, 1.82) is 0 Å². The molecule has 0 radical (unpaired) electrons. The molecule has 88 valence electrons. The second-order valence-electron chi connectivity index (χ2n) is 5.42. The van der Waals surface area contributed by atoms with Gasteiger partial charge in [0.05, 0.1) is 24.3 Å². The molecule has 2 rings (SSSR count). The summed E-state index contributed by atoms with van der Waals surface area (Å²) < 4.78 is 10.8. The van der Waals surface area contributed by atoms with Gasteiger partial charge in [0.2, 0.25) is 0 Å². The Balaban J connectivity index is 1.97. The molecular formula is C10H20N2O3. The van der Waals surface area contributed by atoms with Crippen molar-refractivity contribution in [3.63, 3.8) is 0 Å². The molecule has 15 heavy (non-hydrogen) atoms. The molecule has 2 aliphatic heterocycles. The Hall–Kier alpha value is -0.200. The lowest BCUT2D eigenvalue weighted by atomic mass is 10.1. The van der Waals surface area contributed by atoms with E-state index in [1.807, 2.05) is 10.1 Å². The first-order chi connectivity index (χ1) is 6.92. The van der Waals surface area contributed by atoms with E-state index in [1.165, 1.54) is 0 Å². The van der Waals surface area contributed by atoms with Crippen molar-refractivity contribution in [3.05, 3.63) is 0 Å². The lowest BCUT2D eigenvalue weighted by Gasteiger charge is -2.35. The second-order valence-corrected chi connectivity index (χ2v) is 5.42. The van der Waals surface area contributed by atoms with Crippen molar-refractivity contribution in [2.45, 2.75) is 38.8 Å². The molecule has 2 aliphatic rings. The van der Waals surface area contributed by atoms with Gasteiger partial charge in [0, 0.05) is 0 Å². The third kappa shape index (κ3) is 2.16. The van der Waals surface area contributed by atoms with Crippen molar-refractivity contribution in [1.82, 2.24) is 10.1 Å². The number of ether oxygens (including phenoxy) is 2. The Morgan fingerprint density at radius 2 is 1.27 bits per heavy atom. The normalized spacial score (nSPS) is 31.2. The Bertz CT molecular complexity index is 219. The van der Waals surface area contributed by atoms with Gasteiger partial charge in [-0.2, -0.15) is 0 Å². The van der Waals surface area contributed by atoms with Crippen LogP contribution in [0.3, 0.4) is 0 Å². The molecule has 0 aromatic carbocycles. The average Bonchev–Trinajstić information content (AvgIpc) is 2.58. The SMILES string of the molecule is CC1(C)COCN1ON1COCC1(C)C. The maximum atomic E-state index is 5.82. The van der Waals surface area contributed by atoms with Gasteiger partial charge in [-0.05, 0) is 27.7 Å². The topological polar surface area (TPSA) is 34.2 Å². The molecule has 0 amide bonds. The fraction of sp³-hybridized carbons (Fsp3) is 1.00. The fourth-order valence-corrected chi connectivity index (χ4v) is 1.64. The number of nitrogens with zero attached hydrogens (tertiary/aromatic N) is 2. The van der Waals surface area contributed by atoms with Crippen LogP contribution in [0.2, 0.25) is 0 Å². The number of hydroxylamine groups is 4. The van der Waals surface area contributed by atoms with E-state index in [-0.39, 0.29) is 11.1 Å². The Labute approximate surface area is 90.8 Å². The summed E-state index contributed by atoms with van der Waals surface area (Å²) in [7, 11) is 0. The van der Waals surface area contributed by atoms with Crippen LogP contribution in [0.5, 0.6) is 0 Å². The van der Waals surface area contributed by atoms with Gasteiger partial charge in [-0.1, -0.05) is 0 Å². The largest absolute Gasteiger partial charge is 0.362 e. The summed E-state index contributed by atoms with van der Waals surface area (Å²) in [6.45, 7) is 10.8. The van der Waals surface area contributed by atoms with Gasteiger partial charge >= 0.3 is 0 Å². The van der Waals surface area contributed by atoms with Crippen LogP contribution in [-0.2, 0) is 14.4 Å². The van der Waals surface area contributed by atoms with Gasteiger partial charge in [0.1, 0.15) is 13.5 Å². The van der Waals surface area contributed by atoms with E-state index < -0.39 is 0 Å². The first-order valence-electron chi connectivity index (χ1n) is 5.31. The van der Waals surface area contributed by atoms with E-state index in [9.17, 15) is 0 Å². The van der Waals surface area contributed by atoms with Crippen LogP contribution in [0.15, 0.2) is 0 Å². The van der Waals surface area contributed by atoms with Crippen LogP contribution >= 0.6 is 0 Å². The summed E-state index contributed by atoms with van der Waals surface area (Å²) in [5.74, 6) is 0. The van der Waals surface area contributed by atoms with E-state index in [0.717, 1.165) is 0 Å². The molecule has 0 spiro atoms. The predicted molar refractivity (Wildman–Crippen MR) is 54.6 cm³/mol. The van der Waals surface area contributed by atoms with Crippen LogP contribution in [0.4, 0.5) is 0 Å². The quantitative estimate of drug-likeness (QED) is 0.687. The highest BCUT2D eigenvalue weighted by molar-refractivity contribution is 4.82. The Kier molecular flexibility index (Phi) is 2.77. The van der Waals surface area contributed by atoms with Crippen molar-refractivity contribution in [2.75, 3.05) is 26.7 Å². The van der Waals surface area contributed by atoms with E-state index in [0.29, 0.717) is 26.7 Å². The summed E-state index contributed by atoms with van der Waals surface area (Å²) in [6.07, 6.45) is 0. The molecule has 0 aliphatic carbocycles. The molecule has 0 atom stereocenters. The molecule has 0 bridgehead atoms. The zero-order valence-electron chi connectivity index (χ0n) is 9.95. The van der Waals surface area contributed by atoms with Gasteiger partial charge in [0.25, 0.3) is 0 Å². The second kappa shape index (κ2) is 3.68. The van der Waals surface area contributed by atoms with Crippen molar-refractivity contribution in [3.8, 4) is 0 Å². The number of hydrogen-bond donors (Lipinski definition) is 0. The van der Waals surface area contributed by atoms with Crippen LogP contribution in [-0.4, -0.2) is 47.9 Å². The van der Waals surface area contributed by atoms with Crippen LogP contribution in [0.1, 0.15) is 27.7 Å². The minimum Gasteiger partial charge on any atom is -0.362 e. The maximum absolute atomic E-state index is 5.82. The smallest absolute Gasteiger partial charge is 0.125 e. The molecule has 0 unspecified atom stereocenters. The molecule has 0 aromatic heterocycles. The first-order valence-corrected chi connectivity index (χ1v) is 5.31. The molecule has 0 saturated carbocycles. The Morgan fingerprint density at radius 1 is 0.867 bits per heavy atom. The van der Waals surface area contributed by atoms with E-state index in [4.69, 9.17) is 14.4 Å². The molecule has 2 heterocycles. The van der Waals surface area contributed by atoms with Crippen molar-refractivity contribution in [2.24, 2.45) is 0 Å². The van der Waals surface area contributed by atoms with Gasteiger partial charge in [-0.15, -0.1) is 10.1 Å². The standard InChI is InChI=1S/C10H20N2O3/c1-9(2)5-13-7-11(9)15-12-8-14-6-10(12,3)4/h5-8H2,1-4H3. The molecular weight excluding hydrogens is 196 g/mol. The summed E-state index contributed by atoms with van der Waals surface area (Å²) in [5.41, 5.74) is -0.142. The van der Waals surface area contributed by atoms with E-state index in [2.05, 4.69) is 27.7 Å². The predicted octanol–water partition coefficient (Wildman–Crippen LogP) is 0.970. The van der Waals surface area contributed by atoms with Gasteiger partial charge in [0.15, 0.2) is 0 Å². The third-order valence-corrected chi connectivity index (χ3v) is 2.88. The lowest BCUT2D eigenvalue weighted by molar-refractivity contribution is -0.370. The monoisotopic (exact) mass is 216 g/mol. The van der Waals surface area contributed by atoms with Gasteiger partial charge < -0.3 is 9.47 Å². The minimum absolute atomic E-state index is 0.0708. The molecule has 2 fully saturated rings. The molecule has 5 nitrogen and oxygen atoms in total. The molecule has 0 aromatic rings. The summed E-state index contributed by atoms with van der Waals surface area (Å²) in [4.78, 5) is 5.82. The third-order valence-electron chi connectivity index (χ3n) is 2.88. The minimum atomic E-state index is -0.0708. The number of hydrogen-bond acceptors (Lipinski definition) is 5. The number of rotatable bonds is 2.